The van der Waals surface area contributed by atoms with Gasteiger partial charge in [0.2, 0.25) is 6.71 Å². The van der Waals surface area contributed by atoms with Crippen molar-refractivity contribution in [1.82, 2.24) is 0 Å². The highest BCUT2D eigenvalue weighted by molar-refractivity contribution is 8.00. The van der Waals surface area contributed by atoms with Gasteiger partial charge in [0.1, 0.15) is 11.5 Å². The quantitative estimate of drug-likeness (QED) is 0.120. The molecule has 4 heterocycles. The van der Waals surface area contributed by atoms with Crippen molar-refractivity contribution in [1.29, 1.82) is 0 Å². The fourth-order valence-electron chi connectivity index (χ4n) is 14.9. The van der Waals surface area contributed by atoms with E-state index in [9.17, 15) is 0 Å². The van der Waals surface area contributed by atoms with Crippen molar-refractivity contribution in [3.63, 3.8) is 0 Å². The molecular weight excluding hydrogens is 1130 g/mol. The van der Waals surface area contributed by atoms with Gasteiger partial charge in [-0.3, -0.25) is 0 Å². The second-order valence-corrected chi connectivity index (χ2v) is 24.9. The van der Waals surface area contributed by atoms with Gasteiger partial charge in [0.25, 0.3) is 6.71 Å². The van der Waals surface area contributed by atoms with Crippen molar-refractivity contribution >= 4 is 126 Å². The Balaban J connectivity index is 0.984. The maximum Gasteiger partial charge on any atom is 0.256 e. The fraction of sp³-hybridized carbons (Fsp3) is 0. The van der Waals surface area contributed by atoms with Gasteiger partial charge < -0.3 is 24.3 Å². The van der Waals surface area contributed by atoms with Crippen LogP contribution in [-0.2, 0) is 0 Å². The van der Waals surface area contributed by atoms with Crippen molar-refractivity contribution in [3.05, 3.63) is 340 Å². The summed E-state index contributed by atoms with van der Waals surface area (Å²) in [6.45, 7) is -0.438. The van der Waals surface area contributed by atoms with Crippen LogP contribution < -0.4 is 57.1 Å². The van der Waals surface area contributed by atoms with Crippen LogP contribution in [0.25, 0.3) is 33.4 Å². The number of nitrogens with zero attached hydrogens (tertiary/aromatic N) is 4. The highest BCUT2D eigenvalue weighted by atomic mass is 32.2. The molecule has 18 rings (SSSR count). The number of benzene rings is 14. The first-order chi connectivity index (χ1) is 45.7. The van der Waals surface area contributed by atoms with Crippen LogP contribution in [0.15, 0.2) is 350 Å². The zero-order valence-corrected chi connectivity index (χ0v) is 50.9. The SMILES string of the molecule is c1ccc(-c2cccc(-c3ccccc3)c2-c2c3c(cc4c2Sc2cc(N(c5ccccc5)c5ccccc5)cc5c2B4c2ccccc2N5c2ccccc2)B2c4ccccc4N(c4ccccc4)c4cc(N(c5ccccc5)c5ccccc5)cc(c42)O3)cc1. The normalized spacial score (nSPS) is 12.7. The van der Waals surface area contributed by atoms with Gasteiger partial charge in [0.05, 0.1) is 5.69 Å². The Morgan fingerprint density at radius 1 is 0.293 bits per heavy atom. The second-order valence-electron chi connectivity index (χ2n) is 23.8. The first-order valence-electron chi connectivity index (χ1n) is 31.6. The zero-order chi connectivity index (χ0) is 60.6. The lowest BCUT2D eigenvalue weighted by Crippen LogP contribution is -2.63. The first-order valence-corrected chi connectivity index (χ1v) is 32.4. The van der Waals surface area contributed by atoms with Crippen LogP contribution in [-0.4, -0.2) is 13.4 Å². The predicted molar refractivity (Wildman–Crippen MR) is 388 cm³/mol. The molecule has 4 aliphatic heterocycles. The maximum absolute atomic E-state index is 8.25. The molecule has 8 heteroatoms. The molecule has 0 fully saturated rings. The molecule has 92 heavy (non-hydrogen) atoms. The van der Waals surface area contributed by atoms with E-state index < -0.39 is 0 Å². The van der Waals surface area contributed by atoms with Crippen LogP contribution in [0.5, 0.6) is 11.5 Å². The number of anilines is 12. The van der Waals surface area contributed by atoms with Crippen LogP contribution in [0.3, 0.4) is 0 Å². The highest BCUT2D eigenvalue weighted by Crippen LogP contribution is 2.55. The molecule has 0 saturated heterocycles. The fourth-order valence-corrected chi connectivity index (χ4v) is 16.2. The summed E-state index contributed by atoms with van der Waals surface area (Å²) in [6, 6.07) is 124. The van der Waals surface area contributed by atoms with Crippen molar-refractivity contribution < 1.29 is 4.74 Å². The summed E-state index contributed by atoms with van der Waals surface area (Å²) in [5.74, 6) is 1.67. The third kappa shape index (κ3) is 8.74. The molecule has 0 spiro atoms. The monoisotopic (exact) mass is 1190 g/mol. The first kappa shape index (κ1) is 53.6. The minimum atomic E-state index is -0.248. The Morgan fingerprint density at radius 2 is 0.685 bits per heavy atom. The van der Waals surface area contributed by atoms with E-state index in [-0.39, 0.29) is 13.4 Å². The third-order valence-electron chi connectivity index (χ3n) is 18.7. The number of fused-ring (bicyclic) bond motifs is 8. The largest absolute Gasteiger partial charge is 0.458 e. The van der Waals surface area contributed by atoms with E-state index in [2.05, 4.69) is 359 Å². The van der Waals surface area contributed by atoms with E-state index in [1.165, 1.54) is 31.6 Å². The summed E-state index contributed by atoms with van der Waals surface area (Å²) < 4.78 is 8.25. The lowest BCUT2D eigenvalue weighted by molar-refractivity contribution is 0.488. The minimum Gasteiger partial charge on any atom is -0.458 e. The Bertz CT molecular complexity index is 4730. The van der Waals surface area contributed by atoms with Crippen LogP contribution in [0.2, 0.25) is 0 Å². The number of hydrogen-bond acceptors (Lipinski definition) is 6. The van der Waals surface area contributed by atoms with Gasteiger partial charge in [-0.2, -0.15) is 0 Å². The van der Waals surface area contributed by atoms with Crippen LogP contribution in [0.1, 0.15) is 0 Å². The number of para-hydroxylation sites is 8. The van der Waals surface area contributed by atoms with E-state index in [1.807, 2.05) is 11.8 Å². The molecule has 0 radical (unpaired) electrons. The van der Waals surface area contributed by atoms with Gasteiger partial charge in [-0.25, -0.2) is 0 Å². The topological polar surface area (TPSA) is 22.2 Å². The van der Waals surface area contributed by atoms with E-state index in [0.717, 1.165) is 124 Å². The number of rotatable bonds is 11. The Morgan fingerprint density at radius 3 is 1.15 bits per heavy atom. The Kier molecular flexibility index (Phi) is 13.0. The molecule has 0 bridgehead atoms. The molecule has 0 amide bonds. The molecule has 430 valence electrons. The van der Waals surface area contributed by atoms with Gasteiger partial charge >= 0.3 is 0 Å². The average molecular weight is 1190 g/mol. The highest BCUT2D eigenvalue weighted by Gasteiger charge is 2.49. The standard InChI is InChI=1S/C84H56B2N4OS/c1-9-30-57(31-10-1)67-46-29-47-68(58-32-11-2-12-33-58)79(67)80-83-71(85-69-48-25-27-50-73(69)89(63-42-21-7-22-43-63)75-52-65(54-77(91-83)81(75)85)87(59-34-13-3-14-35-59)60-36-15-4-16-37-60)56-72-84(80)92-78-55-66(88(61-38-17-5-18-39-61)62-40-19-6-20-41-62)53-76-82(78)86(72)70-49-26-28-51-74(70)90(76)64-44-23-8-24-45-64/h1-56H. The third-order valence-corrected chi connectivity index (χ3v) is 19.9. The van der Waals surface area contributed by atoms with Gasteiger partial charge in [0, 0.05) is 89.5 Å². The average Bonchev–Trinajstić information content (AvgIpc) is 0.691. The summed E-state index contributed by atoms with van der Waals surface area (Å²) >= 11 is 1.89. The molecule has 4 aliphatic rings. The van der Waals surface area contributed by atoms with Gasteiger partial charge in [-0.15, -0.1) is 0 Å². The molecule has 0 unspecified atom stereocenters. The number of hydrogen-bond donors (Lipinski definition) is 0. The van der Waals surface area contributed by atoms with Gasteiger partial charge in [0.15, 0.2) is 0 Å². The molecule has 14 aromatic rings. The second kappa shape index (κ2) is 22.2. The van der Waals surface area contributed by atoms with E-state index >= 15 is 0 Å². The van der Waals surface area contributed by atoms with E-state index in [4.69, 9.17) is 4.74 Å². The zero-order valence-electron chi connectivity index (χ0n) is 50.1. The van der Waals surface area contributed by atoms with Crippen molar-refractivity contribution in [2.75, 3.05) is 19.6 Å². The van der Waals surface area contributed by atoms with Crippen molar-refractivity contribution in [2.24, 2.45) is 0 Å². The van der Waals surface area contributed by atoms with E-state index in [1.54, 1.807) is 0 Å². The lowest BCUT2D eigenvalue weighted by atomic mass is 9.31. The summed E-state index contributed by atoms with van der Waals surface area (Å²) in [6.07, 6.45) is 0. The predicted octanol–water partition coefficient (Wildman–Crippen LogP) is 18.8. The Labute approximate surface area is 541 Å². The van der Waals surface area contributed by atoms with Crippen LogP contribution in [0, 0.1) is 0 Å². The van der Waals surface area contributed by atoms with Gasteiger partial charge in [-0.1, -0.05) is 248 Å². The molecule has 5 nitrogen and oxygen atoms in total. The lowest BCUT2D eigenvalue weighted by Gasteiger charge is -2.44. The summed E-state index contributed by atoms with van der Waals surface area (Å²) in [5, 5.41) is 0. The molecule has 0 saturated carbocycles. The molecule has 0 atom stereocenters. The summed E-state index contributed by atoms with van der Waals surface area (Å²) in [4.78, 5) is 12.1. The smallest absolute Gasteiger partial charge is 0.256 e. The van der Waals surface area contributed by atoms with Crippen molar-refractivity contribution in [3.8, 4) is 44.9 Å². The number of ether oxygens (including phenoxy) is 1. The Hall–Kier alpha value is -11.4. The van der Waals surface area contributed by atoms with Crippen LogP contribution in [0.4, 0.5) is 68.2 Å². The van der Waals surface area contributed by atoms with E-state index in [0.29, 0.717) is 0 Å². The molecular formula is C84H56B2N4OS. The summed E-state index contributed by atoms with van der Waals surface area (Å²) in [7, 11) is 0. The molecule has 0 aromatic heterocycles. The molecule has 0 N–H and O–H groups in total. The summed E-state index contributed by atoms with van der Waals surface area (Å²) in [5.41, 5.74) is 26.9. The van der Waals surface area contributed by atoms with Crippen molar-refractivity contribution in [2.45, 2.75) is 9.79 Å². The minimum absolute atomic E-state index is 0.190. The van der Waals surface area contributed by atoms with Gasteiger partial charge in [-0.05, 0) is 153 Å². The molecule has 14 aromatic carbocycles. The maximum atomic E-state index is 8.25. The van der Waals surface area contributed by atoms with Crippen LogP contribution >= 0.6 is 11.8 Å². The molecule has 0 aliphatic carbocycles.